The van der Waals surface area contributed by atoms with Crippen LogP contribution in [0.4, 0.5) is 5.82 Å². The highest BCUT2D eigenvalue weighted by molar-refractivity contribution is 7.89. The molecule has 3 rings (SSSR count). The summed E-state index contributed by atoms with van der Waals surface area (Å²) in [6.45, 7) is 0.0549. The van der Waals surface area contributed by atoms with Crippen LogP contribution < -0.4 is 10.0 Å². The summed E-state index contributed by atoms with van der Waals surface area (Å²) in [5, 5.41) is 12.2. The summed E-state index contributed by atoms with van der Waals surface area (Å²) in [5.41, 5.74) is 0. The van der Waals surface area contributed by atoms with Crippen LogP contribution in [-0.2, 0) is 23.6 Å². The third kappa shape index (κ3) is 2.39. The first-order valence-corrected chi connectivity index (χ1v) is 8.35. The third-order valence-electron chi connectivity index (χ3n) is 2.94. The molecule has 0 aliphatic rings. The first-order chi connectivity index (χ1) is 10.0. The van der Waals surface area contributed by atoms with Gasteiger partial charge in [-0.05, 0) is 0 Å². The van der Waals surface area contributed by atoms with Crippen molar-refractivity contribution in [3.63, 3.8) is 0 Å². The molecule has 3 aromatic rings. The van der Waals surface area contributed by atoms with Crippen molar-refractivity contribution in [2.75, 3.05) is 12.4 Å². The number of fused-ring (bicyclic) bond motifs is 1. The van der Waals surface area contributed by atoms with Crippen molar-refractivity contribution in [3.05, 3.63) is 23.7 Å². The fraction of sp³-hybridized carbons (Fsp3) is 0.300. The number of hydrogen-bond donors (Lipinski definition) is 2. The van der Waals surface area contributed by atoms with E-state index in [0.29, 0.717) is 16.6 Å². The summed E-state index contributed by atoms with van der Waals surface area (Å²) in [7, 11) is -0.354. The molecule has 0 saturated carbocycles. The molecule has 112 valence electrons. The van der Waals surface area contributed by atoms with Gasteiger partial charge in [-0.25, -0.2) is 18.1 Å². The van der Waals surface area contributed by atoms with Crippen molar-refractivity contribution >= 4 is 32.1 Å². The molecule has 0 unspecified atom stereocenters. The summed E-state index contributed by atoms with van der Waals surface area (Å²) in [4.78, 5) is 4.85. The molecular weight excluding hydrogens is 314 g/mol. The molecule has 3 aromatic heterocycles. The molecule has 0 atom stereocenters. The van der Waals surface area contributed by atoms with Crippen LogP contribution in [0.3, 0.4) is 0 Å². The number of anilines is 1. The van der Waals surface area contributed by atoms with Crippen LogP contribution in [0.15, 0.2) is 22.9 Å². The van der Waals surface area contributed by atoms with Gasteiger partial charge in [0, 0.05) is 25.7 Å². The number of nitrogens with one attached hydrogen (secondary N) is 2. The van der Waals surface area contributed by atoms with Crippen molar-refractivity contribution in [1.82, 2.24) is 28.9 Å². The third-order valence-corrected chi connectivity index (χ3v) is 5.12. The van der Waals surface area contributed by atoms with E-state index in [-0.39, 0.29) is 11.6 Å². The molecule has 0 fully saturated rings. The number of nitrogens with zero attached hydrogens (tertiary/aromatic N) is 5. The quantitative estimate of drug-likeness (QED) is 0.685. The minimum Gasteiger partial charge on any atom is -0.371 e. The normalized spacial score (nSPS) is 12.1. The van der Waals surface area contributed by atoms with Crippen LogP contribution in [0.5, 0.6) is 0 Å². The van der Waals surface area contributed by atoms with E-state index in [4.69, 9.17) is 0 Å². The molecule has 21 heavy (non-hydrogen) atoms. The van der Waals surface area contributed by atoms with Gasteiger partial charge in [0.05, 0.1) is 6.54 Å². The molecule has 0 amide bonds. The number of imidazole rings is 1. The summed E-state index contributed by atoms with van der Waals surface area (Å²) >= 11 is 1.37. The van der Waals surface area contributed by atoms with Gasteiger partial charge in [-0.2, -0.15) is 0 Å². The lowest BCUT2D eigenvalue weighted by atomic mass is 10.6. The zero-order chi connectivity index (χ0) is 15.0. The highest BCUT2D eigenvalue weighted by Crippen LogP contribution is 2.25. The number of hydrogen-bond acceptors (Lipinski definition) is 7. The van der Waals surface area contributed by atoms with Crippen molar-refractivity contribution in [3.8, 4) is 0 Å². The van der Waals surface area contributed by atoms with E-state index < -0.39 is 10.0 Å². The first kappa shape index (κ1) is 14.0. The smallest absolute Gasteiger partial charge is 0.260 e. The van der Waals surface area contributed by atoms with E-state index in [9.17, 15) is 8.42 Å². The van der Waals surface area contributed by atoms with Gasteiger partial charge in [0.2, 0.25) is 0 Å². The Bertz CT molecular complexity index is 876. The van der Waals surface area contributed by atoms with Crippen molar-refractivity contribution in [1.29, 1.82) is 0 Å². The maximum atomic E-state index is 12.5. The maximum absolute atomic E-state index is 12.5. The average Bonchev–Trinajstić information content (AvgIpc) is 3.10. The van der Waals surface area contributed by atoms with Gasteiger partial charge in [-0.3, -0.25) is 4.40 Å². The number of aryl methyl sites for hydroxylation is 1. The molecule has 0 radical (unpaired) electrons. The SMILES string of the molecule is CNc1nc2sccn2c1S(=O)(=O)NCc1nncn1C. The summed E-state index contributed by atoms with van der Waals surface area (Å²) < 4.78 is 30.8. The van der Waals surface area contributed by atoms with Crippen LogP contribution in [0.1, 0.15) is 5.82 Å². The molecule has 2 N–H and O–H groups in total. The second-order valence-electron chi connectivity index (χ2n) is 4.25. The first-order valence-electron chi connectivity index (χ1n) is 5.99. The highest BCUT2D eigenvalue weighted by Gasteiger charge is 2.25. The topological polar surface area (TPSA) is 106 Å². The number of rotatable bonds is 5. The zero-order valence-electron chi connectivity index (χ0n) is 11.3. The second kappa shape index (κ2) is 5.09. The van der Waals surface area contributed by atoms with E-state index >= 15 is 0 Å². The lowest BCUT2D eigenvalue weighted by Crippen LogP contribution is -2.26. The van der Waals surface area contributed by atoms with Gasteiger partial charge in [0.15, 0.2) is 15.8 Å². The number of sulfonamides is 1. The van der Waals surface area contributed by atoms with Crippen LogP contribution in [0.2, 0.25) is 0 Å². The molecule has 0 aliphatic heterocycles. The number of aromatic nitrogens is 5. The molecule has 0 aromatic carbocycles. The molecule has 0 bridgehead atoms. The van der Waals surface area contributed by atoms with Crippen LogP contribution in [0.25, 0.3) is 4.96 Å². The van der Waals surface area contributed by atoms with Crippen molar-refractivity contribution in [2.24, 2.45) is 7.05 Å². The Morgan fingerprint density at radius 1 is 1.43 bits per heavy atom. The van der Waals surface area contributed by atoms with Gasteiger partial charge in [-0.15, -0.1) is 21.5 Å². The minimum atomic E-state index is -3.74. The lowest BCUT2D eigenvalue weighted by molar-refractivity contribution is 0.573. The Morgan fingerprint density at radius 3 is 2.90 bits per heavy atom. The molecule has 0 spiro atoms. The molecule has 11 heteroatoms. The summed E-state index contributed by atoms with van der Waals surface area (Å²) in [5.74, 6) is 0.836. The Kier molecular flexibility index (Phi) is 3.39. The maximum Gasteiger partial charge on any atom is 0.260 e. The van der Waals surface area contributed by atoms with Crippen molar-refractivity contribution < 1.29 is 8.42 Å². The van der Waals surface area contributed by atoms with E-state index in [1.165, 1.54) is 22.1 Å². The van der Waals surface area contributed by atoms with E-state index in [2.05, 4.69) is 25.2 Å². The number of thiazole rings is 1. The molecule has 3 heterocycles. The zero-order valence-corrected chi connectivity index (χ0v) is 12.9. The van der Waals surface area contributed by atoms with E-state index in [0.717, 1.165) is 0 Å². The Labute approximate surface area is 124 Å². The predicted molar refractivity (Wildman–Crippen MR) is 77.6 cm³/mol. The average molecular weight is 327 g/mol. The standard InChI is InChI=1S/C10H13N7O2S2/c1-11-8-9(17-3-4-20-10(17)14-8)21(18,19)13-5-7-15-12-6-16(7)2/h3-4,6,11,13H,5H2,1-2H3. The van der Waals surface area contributed by atoms with E-state index in [1.807, 2.05) is 0 Å². The summed E-state index contributed by atoms with van der Waals surface area (Å²) in [6.07, 6.45) is 3.18. The van der Waals surface area contributed by atoms with Gasteiger partial charge in [0.1, 0.15) is 12.2 Å². The summed E-state index contributed by atoms with van der Waals surface area (Å²) in [6, 6.07) is 0. The molecule has 0 aliphatic carbocycles. The Balaban J connectivity index is 1.96. The highest BCUT2D eigenvalue weighted by atomic mass is 32.2. The minimum absolute atomic E-state index is 0.0549. The Morgan fingerprint density at radius 2 is 2.24 bits per heavy atom. The largest absolute Gasteiger partial charge is 0.371 e. The van der Waals surface area contributed by atoms with Crippen molar-refractivity contribution in [2.45, 2.75) is 11.6 Å². The van der Waals surface area contributed by atoms with Crippen LogP contribution in [-0.4, -0.2) is 39.6 Å². The lowest BCUT2D eigenvalue weighted by Gasteiger charge is -2.07. The van der Waals surface area contributed by atoms with Gasteiger partial charge in [0.25, 0.3) is 10.0 Å². The molecule has 0 saturated heterocycles. The van der Waals surface area contributed by atoms with Crippen LogP contribution >= 0.6 is 11.3 Å². The molecule has 9 nitrogen and oxygen atoms in total. The Hall–Kier alpha value is -1.98. The van der Waals surface area contributed by atoms with Gasteiger partial charge >= 0.3 is 0 Å². The predicted octanol–water partition coefficient (Wildman–Crippen LogP) is 0.0445. The molecular formula is C10H13N7O2S2. The fourth-order valence-corrected chi connectivity index (χ4v) is 3.92. The van der Waals surface area contributed by atoms with Crippen LogP contribution in [0, 0.1) is 0 Å². The van der Waals surface area contributed by atoms with Gasteiger partial charge < -0.3 is 9.88 Å². The second-order valence-corrected chi connectivity index (χ2v) is 6.81. The van der Waals surface area contributed by atoms with Gasteiger partial charge in [-0.1, -0.05) is 0 Å². The monoisotopic (exact) mass is 327 g/mol. The van der Waals surface area contributed by atoms with E-state index in [1.54, 1.807) is 30.2 Å². The fourth-order valence-electron chi connectivity index (χ4n) is 1.88.